The van der Waals surface area contributed by atoms with Gasteiger partial charge >= 0.3 is 0 Å². The normalized spacial score (nSPS) is 12.8. The molecule has 0 radical (unpaired) electrons. The third kappa shape index (κ3) is 3.93. The average molecular weight is 237 g/mol. The first kappa shape index (κ1) is 13.8. The monoisotopic (exact) mass is 237 g/mol. The van der Waals surface area contributed by atoms with Crippen molar-refractivity contribution < 1.29 is 9.84 Å². The second-order valence-electron chi connectivity index (χ2n) is 4.82. The lowest BCUT2D eigenvalue weighted by molar-refractivity contribution is 0.365. The predicted octanol–water partition coefficient (Wildman–Crippen LogP) is 2.78. The number of ether oxygens (including phenoxy) is 1. The van der Waals surface area contributed by atoms with Gasteiger partial charge in [0.1, 0.15) is 0 Å². The van der Waals surface area contributed by atoms with Crippen LogP contribution in [0.2, 0.25) is 0 Å². The molecule has 1 unspecified atom stereocenters. The SMILES string of the molecule is COc1cccc(CNCC(C)C(C)C)c1O. The Kier molecular flexibility index (Phi) is 5.29. The smallest absolute Gasteiger partial charge is 0.162 e. The molecule has 96 valence electrons. The van der Waals surface area contributed by atoms with Crippen LogP contribution in [0.4, 0.5) is 0 Å². The van der Waals surface area contributed by atoms with E-state index in [4.69, 9.17) is 4.74 Å². The summed E-state index contributed by atoms with van der Waals surface area (Å²) in [6.07, 6.45) is 0. The Labute approximate surface area is 104 Å². The fraction of sp³-hybridized carbons (Fsp3) is 0.571. The van der Waals surface area contributed by atoms with Crippen molar-refractivity contribution in [2.24, 2.45) is 11.8 Å². The predicted molar refractivity (Wildman–Crippen MR) is 70.4 cm³/mol. The molecule has 1 rings (SSSR count). The summed E-state index contributed by atoms with van der Waals surface area (Å²) in [5, 5.41) is 13.3. The summed E-state index contributed by atoms with van der Waals surface area (Å²) < 4.78 is 5.07. The van der Waals surface area contributed by atoms with Gasteiger partial charge in [0.25, 0.3) is 0 Å². The minimum Gasteiger partial charge on any atom is -0.504 e. The van der Waals surface area contributed by atoms with Gasteiger partial charge in [-0.25, -0.2) is 0 Å². The zero-order valence-corrected chi connectivity index (χ0v) is 11.2. The maximum absolute atomic E-state index is 9.90. The number of rotatable bonds is 6. The van der Waals surface area contributed by atoms with Crippen molar-refractivity contribution in [3.63, 3.8) is 0 Å². The lowest BCUT2D eigenvalue weighted by atomic mass is 9.98. The molecule has 0 aromatic heterocycles. The first-order valence-electron chi connectivity index (χ1n) is 6.11. The summed E-state index contributed by atoms with van der Waals surface area (Å²) in [6, 6.07) is 5.56. The molecular formula is C14H23NO2. The Morgan fingerprint density at radius 2 is 2.00 bits per heavy atom. The van der Waals surface area contributed by atoms with E-state index in [9.17, 15) is 5.11 Å². The summed E-state index contributed by atoms with van der Waals surface area (Å²) in [6.45, 7) is 8.28. The van der Waals surface area contributed by atoms with Crippen LogP contribution < -0.4 is 10.1 Å². The van der Waals surface area contributed by atoms with Crippen LogP contribution in [0.15, 0.2) is 18.2 Å². The second-order valence-corrected chi connectivity index (χ2v) is 4.82. The van der Waals surface area contributed by atoms with Crippen molar-refractivity contribution in [3.05, 3.63) is 23.8 Å². The number of methoxy groups -OCH3 is 1. The number of phenols is 1. The number of benzene rings is 1. The molecular weight excluding hydrogens is 214 g/mol. The van der Waals surface area contributed by atoms with Crippen LogP contribution in [0.5, 0.6) is 11.5 Å². The Balaban J connectivity index is 2.52. The summed E-state index contributed by atoms with van der Waals surface area (Å²) in [5.41, 5.74) is 0.875. The van der Waals surface area contributed by atoms with Crippen LogP contribution in [-0.2, 0) is 6.54 Å². The third-order valence-corrected chi connectivity index (χ3v) is 3.22. The Morgan fingerprint density at radius 1 is 1.29 bits per heavy atom. The lowest BCUT2D eigenvalue weighted by Gasteiger charge is -2.16. The van der Waals surface area contributed by atoms with E-state index in [1.165, 1.54) is 0 Å². The van der Waals surface area contributed by atoms with E-state index in [0.29, 0.717) is 24.1 Å². The minimum absolute atomic E-state index is 0.236. The van der Waals surface area contributed by atoms with Crippen molar-refractivity contribution in [1.82, 2.24) is 5.32 Å². The molecule has 0 fully saturated rings. The molecule has 3 heteroatoms. The van der Waals surface area contributed by atoms with Gasteiger partial charge in [0.2, 0.25) is 0 Å². The molecule has 0 aliphatic heterocycles. The highest BCUT2D eigenvalue weighted by Crippen LogP contribution is 2.29. The summed E-state index contributed by atoms with van der Waals surface area (Å²) in [5.74, 6) is 2.06. The van der Waals surface area contributed by atoms with E-state index in [0.717, 1.165) is 12.1 Å². The Morgan fingerprint density at radius 3 is 2.59 bits per heavy atom. The number of para-hydroxylation sites is 1. The fourth-order valence-electron chi connectivity index (χ4n) is 1.55. The van der Waals surface area contributed by atoms with Gasteiger partial charge in [0.05, 0.1) is 7.11 Å². The van der Waals surface area contributed by atoms with E-state index in [2.05, 4.69) is 26.1 Å². The Hall–Kier alpha value is -1.22. The highest BCUT2D eigenvalue weighted by Gasteiger charge is 2.09. The second kappa shape index (κ2) is 6.50. The molecule has 0 aliphatic carbocycles. The average Bonchev–Trinajstić information content (AvgIpc) is 2.31. The Bertz CT molecular complexity index is 350. The van der Waals surface area contributed by atoms with Gasteiger partial charge in [-0.2, -0.15) is 0 Å². The molecule has 0 aliphatic rings. The van der Waals surface area contributed by atoms with Crippen molar-refractivity contribution in [3.8, 4) is 11.5 Å². The molecule has 0 saturated heterocycles. The zero-order chi connectivity index (χ0) is 12.8. The van der Waals surface area contributed by atoms with Crippen LogP contribution in [0.25, 0.3) is 0 Å². The van der Waals surface area contributed by atoms with Gasteiger partial charge in [-0.3, -0.25) is 0 Å². The molecule has 1 atom stereocenters. The first-order valence-corrected chi connectivity index (χ1v) is 6.11. The van der Waals surface area contributed by atoms with E-state index >= 15 is 0 Å². The number of nitrogens with one attached hydrogen (secondary N) is 1. The van der Waals surface area contributed by atoms with Gasteiger partial charge in [-0.1, -0.05) is 32.9 Å². The maximum atomic E-state index is 9.90. The van der Waals surface area contributed by atoms with Crippen molar-refractivity contribution in [2.45, 2.75) is 27.3 Å². The van der Waals surface area contributed by atoms with Gasteiger partial charge in [-0.15, -0.1) is 0 Å². The highest BCUT2D eigenvalue weighted by molar-refractivity contribution is 5.45. The van der Waals surface area contributed by atoms with Gasteiger partial charge in [0, 0.05) is 12.1 Å². The summed E-state index contributed by atoms with van der Waals surface area (Å²) in [7, 11) is 1.56. The highest BCUT2D eigenvalue weighted by atomic mass is 16.5. The van der Waals surface area contributed by atoms with Gasteiger partial charge < -0.3 is 15.2 Å². The molecule has 0 saturated carbocycles. The largest absolute Gasteiger partial charge is 0.504 e. The number of hydrogen-bond donors (Lipinski definition) is 2. The topological polar surface area (TPSA) is 41.5 Å². The number of aromatic hydroxyl groups is 1. The van der Waals surface area contributed by atoms with Crippen LogP contribution in [0.1, 0.15) is 26.3 Å². The summed E-state index contributed by atoms with van der Waals surface area (Å²) in [4.78, 5) is 0. The fourth-order valence-corrected chi connectivity index (χ4v) is 1.55. The van der Waals surface area contributed by atoms with E-state index in [1.807, 2.05) is 12.1 Å². The summed E-state index contributed by atoms with van der Waals surface area (Å²) >= 11 is 0. The zero-order valence-electron chi connectivity index (χ0n) is 11.2. The molecule has 0 heterocycles. The third-order valence-electron chi connectivity index (χ3n) is 3.22. The molecule has 1 aromatic rings. The van der Waals surface area contributed by atoms with Gasteiger partial charge in [0.15, 0.2) is 11.5 Å². The standard InChI is InChI=1S/C14H23NO2/c1-10(2)11(3)8-15-9-12-6-5-7-13(17-4)14(12)16/h5-7,10-11,15-16H,8-9H2,1-4H3. The van der Waals surface area contributed by atoms with E-state index < -0.39 is 0 Å². The van der Waals surface area contributed by atoms with Crippen LogP contribution in [0.3, 0.4) is 0 Å². The van der Waals surface area contributed by atoms with E-state index in [-0.39, 0.29) is 5.75 Å². The molecule has 0 spiro atoms. The van der Waals surface area contributed by atoms with E-state index in [1.54, 1.807) is 13.2 Å². The van der Waals surface area contributed by atoms with Crippen molar-refractivity contribution >= 4 is 0 Å². The molecule has 2 N–H and O–H groups in total. The van der Waals surface area contributed by atoms with Crippen LogP contribution in [0, 0.1) is 11.8 Å². The molecule has 1 aromatic carbocycles. The van der Waals surface area contributed by atoms with Crippen molar-refractivity contribution in [2.75, 3.05) is 13.7 Å². The molecule has 0 bridgehead atoms. The van der Waals surface area contributed by atoms with Crippen molar-refractivity contribution in [1.29, 1.82) is 0 Å². The maximum Gasteiger partial charge on any atom is 0.162 e. The lowest BCUT2D eigenvalue weighted by Crippen LogP contribution is -2.23. The molecule has 17 heavy (non-hydrogen) atoms. The van der Waals surface area contributed by atoms with Gasteiger partial charge in [-0.05, 0) is 24.4 Å². The van der Waals surface area contributed by atoms with Crippen LogP contribution >= 0.6 is 0 Å². The molecule has 3 nitrogen and oxygen atoms in total. The number of hydrogen-bond acceptors (Lipinski definition) is 3. The minimum atomic E-state index is 0.236. The quantitative estimate of drug-likeness (QED) is 0.799. The molecule has 0 amide bonds. The number of phenolic OH excluding ortho intramolecular Hbond substituents is 1. The van der Waals surface area contributed by atoms with Crippen LogP contribution in [-0.4, -0.2) is 18.8 Å². The first-order chi connectivity index (χ1) is 8.06.